The first-order chi connectivity index (χ1) is 12.2. The molecule has 0 bridgehead atoms. The Labute approximate surface area is 150 Å². The second kappa shape index (κ2) is 7.44. The van der Waals surface area contributed by atoms with E-state index in [1.54, 1.807) is 0 Å². The van der Waals surface area contributed by atoms with E-state index in [0.29, 0.717) is 11.9 Å². The van der Waals surface area contributed by atoms with Gasteiger partial charge in [0.25, 0.3) is 0 Å². The Morgan fingerprint density at radius 1 is 1.16 bits per heavy atom. The van der Waals surface area contributed by atoms with E-state index < -0.39 is 0 Å². The highest BCUT2D eigenvalue weighted by atomic mass is 16.5. The Balaban J connectivity index is 1.41. The zero-order valence-corrected chi connectivity index (χ0v) is 15.1. The lowest BCUT2D eigenvalue weighted by molar-refractivity contribution is -0.136. The summed E-state index contributed by atoms with van der Waals surface area (Å²) in [6.07, 6.45) is 2.33. The third kappa shape index (κ3) is 3.73. The zero-order valence-electron chi connectivity index (χ0n) is 15.1. The number of hydrogen-bond donors (Lipinski definition) is 0. The van der Waals surface area contributed by atoms with Gasteiger partial charge < -0.3 is 14.5 Å². The second-order valence-corrected chi connectivity index (χ2v) is 7.78. The number of amides is 1. The molecule has 0 spiro atoms. The highest BCUT2D eigenvalue weighted by molar-refractivity contribution is 5.79. The van der Waals surface area contributed by atoms with E-state index in [9.17, 15) is 4.79 Å². The molecule has 0 aromatic heterocycles. The van der Waals surface area contributed by atoms with Crippen LogP contribution < -0.4 is 0 Å². The maximum absolute atomic E-state index is 13.0. The fourth-order valence-electron chi connectivity index (χ4n) is 4.58. The number of piperidine rings is 1. The summed E-state index contributed by atoms with van der Waals surface area (Å²) in [5, 5.41) is 0. The van der Waals surface area contributed by atoms with Gasteiger partial charge in [0.15, 0.2) is 0 Å². The van der Waals surface area contributed by atoms with Crippen LogP contribution in [0.5, 0.6) is 0 Å². The first-order valence-electron chi connectivity index (χ1n) is 9.57. The molecule has 25 heavy (non-hydrogen) atoms. The zero-order chi connectivity index (χ0) is 17.2. The SMILES string of the molecule is CN1CCC[C@H](C(=O)N2C[C@@H]3[C@@H](C2)OCCN3Cc2ccccc2)C1. The summed E-state index contributed by atoms with van der Waals surface area (Å²) >= 11 is 0. The number of likely N-dealkylation sites (tertiary alicyclic amines) is 2. The maximum Gasteiger partial charge on any atom is 0.227 e. The number of benzene rings is 1. The van der Waals surface area contributed by atoms with E-state index in [1.807, 2.05) is 0 Å². The molecule has 0 N–H and O–H groups in total. The highest BCUT2D eigenvalue weighted by Crippen LogP contribution is 2.27. The van der Waals surface area contributed by atoms with Crippen LogP contribution in [-0.2, 0) is 16.1 Å². The van der Waals surface area contributed by atoms with Crippen molar-refractivity contribution in [2.45, 2.75) is 31.5 Å². The van der Waals surface area contributed by atoms with Crippen LogP contribution in [0.25, 0.3) is 0 Å². The van der Waals surface area contributed by atoms with Crippen LogP contribution in [-0.4, -0.2) is 79.1 Å². The van der Waals surface area contributed by atoms with Crippen molar-refractivity contribution >= 4 is 5.91 Å². The number of hydrogen-bond acceptors (Lipinski definition) is 4. The van der Waals surface area contributed by atoms with Crippen molar-refractivity contribution < 1.29 is 9.53 Å². The molecule has 3 aliphatic heterocycles. The van der Waals surface area contributed by atoms with Gasteiger partial charge in [0.05, 0.1) is 24.7 Å². The molecular formula is C20H29N3O2. The molecule has 3 aliphatic rings. The Hall–Kier alpha value is -1.43. The normalized spacial score (nSPS) is 31.1. The van der Waals surface area contributed by atoms with E-state index >= 15 is 0 Å². The van der Waals surface area contributed by atoms with E-state index in [2.05, 4.69) is 52.1 Å². The average molecular weight is 343 g/mol. The van der Waals surface area contributed by atoms with Gasteiger partial charge in [0.2, 0.25) is 5.91 Å². The van der Waals surface area contributed by atoms with Crippen molar-refractivity contribution in [1.29, 1.82) is 0 Å². The lowest BCUT2D eigenvalue weighted by atomic mass is 9.97. The standard InChI is InChI=1S/C20H29N3O2/c1-21-9-5-8-17(13-21)20(24)23-14-18-19(15-23)25-11-10-22(18)12-16-6-3-2-4-7-16/h2-4,6-7,17-19H,5,8-15H2,1H3/t17-,18+,19+/m0/s1. The number of nitrogens with zero attached hydrogens (tertiary/aromatic N) is 3. The smallest absolute Gasteiger partial charge is 0.227 e. The molecule has 5 heteroatoms. The van der Waals surface area contributed by atoms with Gasteiger partial charge in [-0.05, 0) is 32.0 Å². The molecule has 1 aromatic carbocycles. The van der Waals surface area contributed by atoms with Gasteiger partial charge >= 0.3 is 0 Å². The molecule has 3 heterocycles. The summed E-state index contributed by atoms with van der Waals surface area (Å²) in [4.78, 5) is 19.8. The van der Waals surface area contributed by atoms with Crippen molar-refractivity contribution in [1.82, 2.24) is 14.7 Å². The molecule has 5 nitrogen and oxygen atoms in total. The number of rotatable bonds is 3. The van der Waals surface area contributed by atoms with Crippen molar-refractivity contribution in [3.8, 4) is 0 Å². The molecule has 0 aliphatic carbocycles. The molecule has 0 radical (unpaired) electrons. The minimum absolute atomic E-state index is 0.168. The minimum atomic E-state index is 0.168. The lowest BCUT2D eigenvalue weighted by Crippen LogP contribution is -2.50. The monoisotopic (exact) mass is 343 g/mol. The van der Waals surface area contributed by atoms with Crippen LogP contribution in [0.2, 0.25) is 0 Å². The summed E-state index contributed by atoms with van der Waals surface area (Å²) in [5.74, 6) is 0.505. The third-order valence-corrected chi connectivity index (χ3v) is 5.93. The molecule has 3 atom stereocenters. The first-order valence-corrected chi connectivity index (χ1v) is 9.57. The topological polar surface area (TPSA) is 36.0 Å². The van der Waals surface area contributed by atoms with Gasteiger partial charge in [-0.15, -0.1) is 0 Å². The van der Waals surface area contributed by atoms with Gasteiger partial charge in [-0.3, -0.25) is 9.69 Å². The van der Waals surface area contributed by atoms with Crippen molar-refractivity contribution in [3.63, 3.8) is 0 Å². The van der Waals surface area contributed by atoms with Crippen molar-refractivity contribution in [2.75, 3.05) is 46.4 Å². The third-order valence-electron chi connectivity index (χ3n) is 5.93. The average Bonchev–Trinajstić information content (AvgIpc) is 3.07. The summed E-state index contributed by atoms with van der Waals surface area (Å²) < 4.78 is 6.01. The second-order valence-electron chi connectivity index (χ2n) is 7.78. The molecule has 0 unspecified atom stereocenters. The van der Waals surface area contributed by atoms with Gasteiger partial charge in [0.1, 0.15) is 0 Å². The molecule has 0 saturated carbocycles. The molecule has 4 rings (SSSR count). The maximum atomic E-state index is 13.0. The van der Waals surface area contributed by atoms with Gasteiger partial charge in [-0.1, -0.05) is 30.3 Å². The summed E-state index contributed by atoms with van der Waals surface area (Å²) in [6, 6.07) is 10.9. The Bertz CT molecular complexity index is 594. The fraction of sp³-hybridized carbons (Fsp3) is 0.650. The number of carbonyl (C=O) groups is 1. The first kappa shape index (κ1) is 17.0. The van der Waals surface area contributed by atoms with Crippen molar-refractivity contribution in [3.05, 3.63) is 35.9 Å². The fourth-order valence-corrected chi connectivity index (χ4v) is 4.58. The molecule has 1 aromatic rings. The molecule has 1 amide bonds. The Morgan fingerprint density at radius 3 is 2.80 bits per heavy atom. The van der Waals surface area contributed by atoms with Crippen LogP contribution in [0.1, 0.15) is 18.4 Å². The van der Waals surface area contributed by atoms with Crippen LogP contribution in [0.3, 0.4) is 0 Å². The summed E-state index contributed by atoms with van der Waals surface area (Å²) in [7, 11) is 2.12. The van der Waals surface area contributed by atoms with Crippen LogP contribution in [0, 0.1) is 5.92 Å². The number of ether oxygens (including phenoxy) is 1. The minimum Gasteiger partial charge on any atom is -0.373 e. The van der Waals surface area contributed by atoms with E-state index in [0.717, 1.165) is 58.7 Å². The largest absolute Gasteiger partial charge is 0.373 e. The van der Waals surface area contributed by atoms with E-state index in [4.69, 9.17) is 4.74 Å². The highest BCUT2D eigenvalue weighted by Gasteiger charge is 2.43. The van der Waals surface area contributed by atoms with E-state index in [-0.39, 0.29) is 12.0 Å². The molecule has 3 saturated heterocycles. The Morgan fingerprint density at radius 2 is 2.00 bits per heavy atom. The molecular weight excluding hydrogens is 314 g/mol. The predicted molar refractivity (Wildman–Crippen MR) is 97.2 cm³/mol. The van der Waals surface area contributed by atoms with Crippen molar-refractivity contribution in [2.24, 2.45) is 5.92 Å². The van der Waals surface area contributed by atoms with Gasteiger partial charge in [-0.2, -0.15) is 0 Å². The van der Waals surface area contributed by atoms with Crippen LogP contribution in [0.15, 0.2) is 30.3 Å². The quantitative estimate of drug-likeness (QED) is 0.832. The summed E-state index contributed by atoms with van der Waals surface area (Å²) in [5.41, 5.74) is 1.34. The number of fused-ring (bicyclic) bond motifs is 1. The molecule has 3 fully saturated rings. The number of morpholine rings is 1. The van der Waals surface area contributed by atoms with Gasteiger partial charge in [0, 0.05) is 32.7 Å². The van der Waals surface area contributed by atoms with Crippen LogP contribution in [0.4, 0.5) is 0 Å². The Kier molecular flexibility index (Phi) is 5.06. The predicted octanol–water partition coefficient (Wildman–Crippen LogP) is 1.44. The van der Waals surface area contributed by atoms with Crippen LogP contribution >= 0.6 is 0 Å². The molecule has 136 valence electrons. The summed E-state index contributed by atoms with van der Waals surface area (Å²) in [6.45, 7) is 6.25. The van der Waals surface area contributed by atoms with E-state index in [1.165, 1.54) is 5.56 Å². The van der Waals surface area contributed by atoms with Gasteiger partial charge in [-0.25, -0.2) is 0 Å². The number of carbonyl (C=O) groups excluding carboxylic acids is 1. The lowest BCUT2D eigenvalue weighted by Gasteiger charge is -2.36.